The summed E-state index contributed by atoms with van der Waals surface area (Å²) in [5, 5.41) is 19.6. The number of hydrogen-bond donors (Lipinski definition) is 3. The summed E-state index contributed by atoms with van der Waals surface area (Å²) in [4.78, 5) is 13.6. The predicted octanol–water partition coefficient (Wildman–Crippen LogP) is 3.76. The molecule has 3 heterocycles. The van der Waals surface area contributed by atoms with Crippen molar-refractivity contribution in [1.29, 1.82) is 0 Å². The number of aryl methyl sites for hydroxylation is 2. The average Bonchev–Trinajstić information content (AvgIpc) is 3.28. The first kappa shape index (κ1) is 23.8. The average molecular weight is 494 g/mol. The highest BCUT2D eigenvalue weighted by atomic mass is 32.2. The predicted molar refractivity (Wildman–Crippen MR) is 141 cm³/mol. The molecule has 1 aromatic carbocycles. The summed E-state index contributed by atoms with van der Waals surface area (Å²) in [5.41, 5.74) is 2.66. The van der Waals surface area contributed by atoms with Crippen molar-refractivity contribution in [2.45, 2.75) is 31.5 Å². The zero-order chi connectivity index (χ0) is 23.6. The molecular formula is C23H27N9S2. The second kappa shape index (κ2) is 12.2. The molecule has 0 aliphatic rings. The summed E-state index contributed by atoms with van der Waals surface area (Å²) >= 11 is 6.98. The monoisotopic (exact) mass is 493 g/mol. The molecule has 0 fully saturated rings. The summed E-state index contributed by atoms with van der Waals surface area (Å²) in [5.74, 6) is 2.33. The van der Waals surface area contributed by atoms with Gasteiger partial charge < -0.3 is 16.0 Å². The Hall–Kier alpha value is -3.31. The molecule has 0 radical (unpaired) electrons. The summed E-state index contributed by atoms with van der Waals surface area (Å²) in [6.07, 6.45) is 3.62. The number of pyridine rings is 1. The van der Waals surface area contributed by atoms with E-state index >= 15 is 0 Å². The van der Waals surface area contributed by atoms with Gasteiger partial charge in [-0.2, -0.15) is 0 Å². The van der Waals surface area contributed by atoms with Crippen LogP contribution in [0, 0.1) is 0 Å². The molecule has 0 spiro atoms. The van der Waals surface area contributed by atoms with Crippen LogP contribution in [0.25, 0.3) is 11.2 Å². The number of nitrogens with zero attached hydrogens (tertiary/aromatic N) is 6. The van der Waals surface area contributed by atoms with Gasteiger partial charge in [-0.25, -0.2) is 19.6 Å². The Labute approximate surface area is 208 Å². The lowest BCUT2D eigenvalue weighted by molar-refractivity contribution is 0.600. The first-order valence-electron chi connectivity index (χ1n) is 11.2. The minimum absolute atomic E-state index is 0.513. The molecule has 0 aliphatic carbocycles. The Morgan fingerprint density at radius 3 is 2.71 bits per heavy atom. The maximum Gasteiger partial charge on any atom is 0.191 e. The van der Waals surface area contributed by atoms with Crippen molar-refractivity contribution in [3.05, 3.63) is 60.3 Å². The van der Waals surface area contributed by atoms with Crippen LogP contribution in [0.3, 0.4) is 0 Å². The van der Waals surface area contributed by atoms with E-state index in [1.807, 2.05) is 41.1 Å². The lowest BCUT2D eigenvalue weighted by Crippen LogP contribution is -2.32. The van der Waals surface area contributed by atoms with Crippen molar-refractivity contribution in [2.75, 3.05) is 29.5 Å². The van der Waals surface area contributed by atoms with Gasteiger partial charge in [0.1, 0.15) is 5.82 Å². The topological polar surface area (TPSA) is 105 Å². The Kier molecular flexibility index (Phi) is 8.58. The van der Waals surface area contributed by atoms with Crippen molar-refractivity contribution in [1.82, 2.24) is 35.3 Å². The summed E-state index contributed by atoms with van der Waals surface area (Å²) < 4.78 is 1.86. The van der Waals surface area contributed by atoms with Crippen LogP contribution in [0.1, 0.15) is 18.9 Å². The number of thioether (sulfide) groups is 1. The standard InChI is InChI=1S/C23H27N9S2/c1-2-16-34-23-28-20(25-13-14-26-22(33)27-18-10-6-7-12-24-18)19-21(29-23)32(31-30-19)15-11-17-8-4-3-5-9-17/h3-10,12H,2,11,13-16H2,1H3,(H,25,28,29)(H2,24,26,27,33). The number of anilines is 2. The third-order valence-corrected chi connectivity index (χ3v) is 6.14. The molecule has 0 bridgehead atoms. The second-order valence-electron chi connectivity index (χ2n) is 7.45. The van der Waals surface area contributed by atoms with E-state index in [2.05, 4.69) is 50.3 Å². The van der Waals surface area contributed by atoms with Gasteiger partial charge in [-0.05, 0) is 42.8 Å². The minimum Gasteiger partial charge on any atom is -0.366 e. The number of rotatable bonds is 11. The van der Waals surface area contributed by atoms with Gasteiger partial charge in [0.15, 0.2) is 27.3 Å². The molecular weight excluding hydrogens is 466 g/mol. The molecule has 0 aliphatic heterocycles. The highest BCUT2D eigenvalue weighted by Gasteiger charge is 2.15. The lowest BCUT2D eigenvalue weighted by Gasteiger charge is -2.11. The zero-order valence-corrected chi connectivity index (χ0v) is 20.6. The summed E-state index contributed by atoms with van der Waals surface area (Å²) in [6, 6.07) is 16.0. The smallest absolute Gasteiger partial charge is 0.191 e. The van der Waals surface area contributed by atoms with Crippen molar-refractivity contribution >= 4 is 51.9 Å². The summed E-state index contributed by atoms with van der Waals surface area (Å²) in [7, 11) is 0. The fourth-order valence-corrected chi connectivity index (χ4v) is 4.10. The maximum absolute atomic E-state index is 5.34. The van der Waals surface area contributed by atoms with Gasteiger partial charge in [-0.15, -0.1) is 5.10 Å². The molecule has 4 rings (SSSR count). The van der Waals surface area contributed by atoms with Crippen molar-refractivity contribution in [3.8, 4) is 0 Å². The van der Waals surface area contributed by atoms with E-state index < -0.39 is 0 Å². The zero-order valence-electron chi connectivity index (χ0n) is 18.9. The van der Waals surface area contributed by atoms with Crippen molar-refractivity contribution in [3.63, 3.8) is 0 Å². The second-order valence-corrected chi connectivity index (χ2v) is 8.92. The number of hydrogen-bond acceptors (Lipinski definition) is 8. The van der Waals surface area contributed by atoms with E-state index in [4.69, 9.17) is 22.2 Å². The van der Waals surface area contributed by atoms with E-state index in [0.29, 0.717) is 41.9 Å². The van der Waals surface area contributed by atoms with Crippen LogP contribution in [0.5, 0.6) is 0 Å². The molecule has 0 saturated heterocycles. The molecule has 3 aromatic heterocycles. The van der Waals surface area contributed by atoms with Crippen LogP contribution < -0.4 is 16.0 Å². The van der Waals surface area contributed by atoms with E-state index in [9.17, 15) is 0 Å². The molecule has 4 aromatic rings. The quantitative estimate of drug-likeness (QED) is 0.124. The Morgan fingerprint density at radius 2 is 1.91 bits per heavy atom. The molecule has 9 nitrogen and oxygen atoms in total. The number of benzene rings is 1. The first-order chi connectivity index (χ1) is 16.7. The largest absolute Gasteiger partial charge is 0.366 e. The fraction of sp³-hybridized carbons (Fsp3) is 0.304. The lowest BCUT2D eigenvalue weighted by atomic mass is 10.1. The molecule has 3 N–H and O–H groups in total. The molecule has 176 valence electrons. The molecule has 0 unspecified atom stereocenters. The van der Waals surface area contributed by atoms with E-state index in [-0.39, 0.29) is 0 Å². The summed E-state index contributed by atoms with van der Waals surface area (Å²) in [6.45, 7) is 4.04. The third-order valence-electron chi connectivity index (χ3n) is 4.84. The fourth-order valence-electron chi connectivity index (χ4n) is 3.20. The maximum atomic E-state index is 5.34. The van der Waals surface area contributed by atoms with Gasteiger partial charge >= 0.3 is 0 Å². The molecule has 11 heteroatoms. The first-order valence-corrected chi connectivity index (χ1v) is 12.6. The molecule has 0 amide bonds. The molecule has 34 heavy (non-hydrogen) atoms. The van der Waals surface area contributed by atoms with Gasteiger partial charge in [0.2, 0.25) is 0 Å². The van der Waals surface area contributed by atoms with E-state index in [1.54, 1.807) is 18.0 Å². The van der Waals surface area contributed by atoms with Crippen molar-refractivity contribution < 1.29 is 0 Å². The molecule has 0 saturated carbocycles. The number of fused-ring (bicyclic) bond motifs is 1. The van der Waals surface area contributed by atoms with Crippen LogP contribution in [-0.2, 0) is 13.0 Å². The third kappa shape index (κ3) is 6.61. The normalized spacial score (nSPS) is 10.9. The van der Waals surface area contributed by atoms with Gasteiger partial charge in [0.25, 0.3) is 0 Å². The van der Waals surface area contributed by atoms with Crippen LogP contribution in [0.4, 0.5) is 11.6 Å². The van der Waals surface area contributed by atoms with Crippen molar-refractivity contribution in [2.24, 2.45) is 0 Å². The Bertz CT molecular complexity index is 1200. The highest BCUT2D eigenvalue weighted by Crippen LogP contribution is 2.23. The minimum atomic E-state index is 0.513. The Morgan fingerprint density at radius 1 is 1.06 bits per heavy atom. The van der Waals surface area contributed by atoms with Gasteiger partial charge in [0.05, 0.1) is 0 Å². The van der Waals surface area contributed by atoms with E-state index in [0.717, 1.165) is 29.4 Å². The van der Waals surface area contributed by atoms with Crippen LogP contribution in [-0.4, -0.2) is 53.9 Å². The highest BCUT2D eigenvalue weighted by molar-refractivity contribution is 7.99. The number of aromatic nitrogens is 6. The Balaban J connectivity index is 1.40. The SMILES string of the molecule is CCCSc1nc(NCCNC(=S)Nc2ccccn2)c2nnn(CCc3ccccc3)c2n1. The van der Waals surface area contributed by atoms with Crippen LogP contribution in [0.15, 0.2) is 59.9 Å². The van der Waals surface area contributed by atoms with Crippen LogP contribution >= 0.6 is 24.0 Å². The van der Waals surface area contributed by atoms with Crippen LogP contribution in [0.2, 0.25) is 0 Å². The number of nitrogens with one attached hydrogen (secondary N) is 3. The number of thiocarbonyl (C=S) groups is 1. The van der Waals surface area contributed by atoms with Gasteiger partial charge in [-0.3, -0.25) is 0 Å². The van der Waals surface area contributed by atoms with E-state index in [1.165, 1.54) is 5.56 Å². The van der Waals surface area contributed by atoms with Gasteiger partial charge in [-0.1, -0.05) is 60.3 Å². The molecule has 0 atom stereocenters. The van der Waals surface area contributed by atoms with Gasteiger partial charge in [0, 0.05) is 31.6 Å².